The first-order valence-electron chi connectivity index (χ1n) is 3.34. The van der Waals surface area contributed by atoms with Crippen molar-refractivity contribution in [3.8, 4) is 0 Å². The highest BCUT2D eigenvalue weighted by Crippen LogP contribution is 2.15. The average molecular weight is 250 g/mol. The molecule has 0 N–H and O–H groups in total. The van der Waals surface area contributed by atoms with E-state index in [0.717, 1.165) is 12.1 Å². The van der Waals surface area contributed by atoms with Crippen molar-refractivity contribution < 1.29 is 0 Å². The first-order valence-corrected chi connectivity index (χ1v) is 4.42. The zero-order valence-electron chi connectivity index (χ0n) is 6.48. The molecule has 0 unspecified atom stereocenters. The normalized spacial score (nSPS) is 10.4. The molecular weight excluding hydrogens is 239 g/mol. The Kier molecular flexibility index (Phi) is 2.33. The van der Waals surface area contributed by atoms with Crippen LogP contribution >= 0.6 is 22.6 Å². The summed E-state index contributed by atoms with van der Waals surface area (Å²) < 4.78 is 3.26. The Balaban J connectivity index is 3.20. The molecule has 2 nitrogen and oxygen atoms in total. The lowest BCUT2D eigenvalue weighted by Crippen LogP contribution is -1.96. The van der Waals surface area contributed by atoms with E-state index in [1.807, 2.05) is 18.7 Å². The molecule has 0 aromatic carbocycles. The summed E-state index contributed by atoms with van der Waals surface area (Å²) in [5, 5.41) is 4.29. The predicted molar refractivity (Wildman–Crippen MR) is 50.0 cm³/mol. The van der Waals surface area contributed by atoms with Crippen molar-refractivity contribution in [3.05, 3.63) is 15.0 Å². The molecule has 10 heavy (non-hydrogen) atoms. The van der Waals surface area contributed by atoms with Gasteiger partial charge in [0.1, 0.15) is 0 Å². The summed E-state index contributed by atoms with van der Waals surface area (Å²) >= 11 is 2.34. The van der Waals surface area contributed by atoms with Gasteiger partial charge in [-0.2, -0.15) is 5.10 Å². The van der Waals surface area contributed by atoms with E-state index in [2.05, 4.69) is 34.6 Å². The molecule has 0 radical (unpaired) electrons. The molecule has 0 saturated carbocycles. The summed E-state index contributed by atoms with van der Waals surface area (Å²) in [6, 6.07) is 0. The number of aromatic nitrogens is 2. The van der Waals surface area contributed by atoms with Crippen LogP contribution in [0.15, 0.2) is 0 Å². The third-order valence-corrected chi connectivity index (χ3v) is 3.00. The Hall–Kier alpha value is -0.0600. The number of hydrogen-bond acceptors (Lipinski definition) is 1. The van der Waals surface area contributed by atoms with Gasteiger partial charge in [-0.05, 0) is 35.9 Å². The summed E-state index contributed by atoms with van der Waals surface area (Å²) in [6.07, 6.45) is 1.07. The van der Waals surface area contributed by atoms with Gasteiger partial charge >= 0.3 is 0 Å². The van der Waals surface area contributed by atoms with Gasteiger partial charge in [0.15, 0.2) is 0 Å². The van der Waals surface area contributed by atoms with Crippen LogP contribution in [-0.4, -0.2) is 9.78 Å². The maximum absolute atomic E-state index is 4.29. The topological polar surface area (TPSA) is 17.8 Å². The van der Waals surface area contributed by atoms with E-state index in [-0.39, 0.29) is 0 Å². The van der Waals surface area contributed by atoms with Gasteiger partial charge in [0, 0.05) is 7.05 Å². The largest absolute Gasteiger partial charge is 0.271 e. The Bertz CT molecular complexity index is 240. The molecule has 1 rings (SSSR count). The van der Waals surface area contributed by atoms with Gasteiger partial charge in [-0.25, -0.2) is 0 Å². The lowest BCUT2D eigenvalue weighted by molar-refractivity contribution is 0.710. The molecule has 0 amide bonds. The molecule has 0 bridgehead atoms. The fourth-order valence-electron chi connectivity index (χ4n) is 1.06. The molecule has 0 spiro atoms. The monoisotopic (exact) mass is 250 g/mol. The standard InChI is InChI=1S/C7H11IN2/c1-4-6-7(8)5(2)9-10(6)3/h4H2,1-3H3. The lowest BCUT2D eigenvalue weighted by atomic mass is 10.3. The van der Waals surface area contributed by atoms with Gasteiger partial charge in [0.25, 0.3) is 0 Å². The van der Waals surface area contributed by atoms with E-state index in [1.165, 1.54) is 9.26 Å². The molecule has 1 aromatic heterocycles. The van der Waals surface area contributed by atoms with Crippen molar-refractivity contribution in [1.29, 1.82) is 0 Å². The zero-order valence-corrected chi connectivity index (χ0v) is 8.64. The first-order chi connectivity index (χ1) is 4.66. The maximum atomic E-state index is 4.29. The molecule has 0 aliphatic rings. The smallest absolute Gasteiger partial charge is 0.0729 e. The van der Waals surface area contributed by atoms with Gasteiger partial charge < -0.3 is 0 Å². The van der Waals surface area contributed by atoms with Crippen LogP contribution in [-0.2, 0) is 13.5 Å². The van der Waals surface area contributed by atoms with E-state index in [1.54, 1.807) is 0 Å². The van der Waals surface area contributed by atoms with E-state index < -0.39 is 0 Å². The minimum Gasteiger partial charge on any atom is -0.271 e. The van der Waals surface area contributed by atoms with Gasteiger partial charge in [-0.3, -0.25) is 4.68 Å². The maximum Gasteiger partial charge on any atom is 0.0729 e. The number of rotatable bonds is 1. The third-order valence-electron chi connectivity index (χ3n) is 1.60. The molecule has 1 aromatic rings. The average Bonchev–Trinajstić information content (AvgIpc) is 2.09. The SMILES string of the molecule is CCc1c(I)c(C)nn1C. The minimum absolute atomic E-state index is 1.07. The summed E-state index contributed by atoms with van der Waals surface area (Å²) in [7, 11) is 1.99. The molecule has 56 valence electrons. The summed E-state index contributed by atoms with van der Waals surface area (Å²) in [4.78, 5) is 0. The van der Waals surface area contributed by atoms with Crippen LogP contribution < -0.4 is 0 Å². The number of aryl methyl sites for hydroxylation is 2. The summed E-state index contributed by atoms with van der Waals surface area (Å²) in [6.45, 7) is 4.19. The van der Waals surface area contributed by atoms with Crippen LogP contribution in [0.25, 0.3) is 0 Å². The predicted octanol–water partition coefficient (Wildman–Crippen LogP) is 1.90. The first kappa shape index (κ1) is 8.04. The second-order valence-corrected chi connectivity index (χ2v) is 3.40. The van der Waals surface area contributed by atoms with Crippen molar-refractivity contribution in [2.75, 3.05) is 0 Å². The molecule has 0 saturated heterocycles. The van der Waals surface area contributed by atoms with Crippen molar-refractivity contribution in [2.45, 2.75) is 20.3 Å². The fourth-order valence-corrected chi connectivity index (χ4v) is 1.90. The van der Waals surface area contributed by atoms with Crippen LogP contribution in [0.3, 0.4) is 0 Å². The Labute approximate surface area is 74.8 Å². The molecule has 0 aliphatic heterocycles. The van der Waals surface area contributed by atoms with Crippen LogP contribution in [0.4, 0.5) is 0 Å². The third kappa shape index (κ3) is 1.19. The highest BCUT2D eigenvalue weighted by atomic mass is 127. The van der Waals surface area contributed by atoms with Crippen LogP contribution in [0.1, 0.15) is 18.3 Å². The van der Waals surface area contributed by atoms with E-state index in [9.17, 15) is 0 Å². The van der Waals surface area contributed by atoms with Crippen LogP contribution in [0.5, 0.6) is 0 Å². The van der Waals surface area contributed by atoms with Gasteiger partial charge in [0.05, 0.1) is 15.0 Å². The highest BCUT2D eigenvalue weighted by molar-refractivity contribution is 14.1. The summed E-state index contributed by atoms with van der Waals surface area (Å²) in [5.74, 6) is 0. The van der Waals surface area contributed by atoms with E-state index in [0.29, 0.717) is 0 Å². The van der Waals surface area contributed by atoms with E-state index >= 15 is 0 Å². The molecule has 0 fully saturated rings. The quantitative estimate of drug-likeness (QED) is 0.696. The molecular formula is C7H11IN2. The fraction of sp³-hybridized carbons (Fsp3) is 0.571. The second-order valence-electron chi connectivity index (χ2n) is 2.32. The number of halogens is 1. The van der Waals surface area contributed by atoms with Crippen LogP contribution in [0, 0.1) is 10.5 Å². The minimum atomic E-state index is 1.07. The van der Waals surface area contributed by atoms with Crippen molar-refractivity contribution in [3.63, 3.8) is 0 Å². The Morgan fingerprint density at radius 2 is 2.20 bits per heavy atom. The number of nitrogens with zero attached hydrogens (tertiary/aromatic N) is 2. The molecule has 1 heterocycles. The number of hydrogen-bond donors (Lipinski definition) is 0. The van der Waals surface area contributed by atoms with Crippen molar-refractivity contribution in [1.82, 2.24) is 9.78 Å². The van der Waals surface area contributed by atoms with E-state index in [4.69, 9.17) is 0 Å². The van der Waals surface area contributed by atoms with Crippen molar-refractivity contribution in [2.24, 2.45) is 7.05 Å². The molecule has 3 heteroatoms. The lowest BCUT2D eigenvalue weighted by Gasteiger charge is -1.95. The van der Waals surface area contributed by atoms with Crippen LogP contribution in [0.2, 0.25) is 0 Å². The van der Waals surface area contributed by atoms with Gasteiger partial charge in [-0.15, -0.1) is 0 Å². The molecule has 0 aliphatic carbocycles. The zero-order chi connectivity index (χ0) is 7.72. The second kappa shape index (κ2) is 2.90. The Morgan fingerprint density at radius 3 is 2.40 bits per heavy atom. The van der Waals surface area contributed by atoms with Gasteiger partial charge in [-0.1, -0.05) is 6.92 Å². The summed E-state index contributed by atoms with van der Waals surface area (Å²) in [5.41, 5.74) is 2.47. The Morgan fingerprint density at radius 1 is 1.60 bits per heavy atom. The van der Waals surface area contributed by atoms with Crippen molar-refractivity contribution >= 4 is 22.6 Å². The molecule has 0 atom stereocenters. The highest BCUT2D eigenvalue weighted by Gasteiger charge is 2.06. The van der Waals surface area contributed by atoms with Gasteiger partial charge in [0.2, 0.25) is 0 Å².